The SMILES string of the molecule is COc1ccc2sc(CNc3nncc(-c4c(OC)cccc4OC)n3)nc2c1. The number of ether oxygens (including phenoxy) is 3. The zero-order valence-electron chi connectivity index (χ0n) is 16.2. The monoisotopic (exact) mass is 409 g/mol. The number of methoxy groups -OCH3 is 3. The second-order valence-electron chi connectivity index (χ2n) is 6.00. The topological polar surface area (TPSA) is 91.3 Å². The van der Waals surface area contributed by atoms with Crippen LogP contribution in [0.3, 0.4) is 0 Å². The molecule has 2 aromatic heterocycles. The maximum atomic E-state index is 5.46. The van der Waals surface area contributed by atoms with Crippen molar-refractivity contribution in [3.8, 4) is 28.5 Å². The summed E-state index contributed by atoms with van der Waals surface area (Å²) in [5.74, 6) is 2.48. The van der Waals surface area contributed by atoms with Crippen molar-refractivity contribution in [3.63, 3.8) is 0 Å². The molecule has 2 heterocycles. The Kier molecular flexibility index (Phi) is 5.39. The van der Waals surface area contributed by atoms with Crippen molar-refractivity contribution in [2.75, 3.05) is 26.6 Å². The third-order valence-corrected chi connectivity index (χ3v) is 5.32. The summed E-state index contributed by atoms with van der Waals surface area (Å²) >= 11 is 1.60. The number of nitrogens with zero attached hydrogens (tertiary/aromatic N) is 4. The van der Waals surface area contributed by atoms with Crippen molar-refractivity contribution in [2.24, 2.45) is 0 Å². The molecule has 0 spiro atoms. The molecule has 0 saturated heterocycles. The van der Waals surface area contributed by atoms with Crippen LogP contribution in [0, 0.1) is 0 Å². The first-order valence-electron chi connectivity index (χ1n) is 8.80. The summed E-state index contributed by atoms with van der Waals surface area (Å²) < 4.78 is 17.3. The van der Waals surface area contributed by atoms with Gasteiger partial charge in [0.05, 0.1) is 49.9 Å². The number of rotatable bonds is 7. The van der Waals surface area contributed by atoms with E-state index in [9.17, 15) is 0 Å². The van der Waals surface area contributed by atoms with Crippen molar-refractivity contribution in [1.29, 1.82) is 0 Å². The average Bonchev–Trinajstić information content (AvgIpc) is 3.19. The Morgan fingerprint density at radius 3 is 2.48 bits per heavy atom. The van der Waals surface area contributed by atoms with E-state index in [0.29, 0.717) is 29.7 Å². The molecule has 0 aliphatic rings. The van der Waals surface area contributed by atoms with E-state index < -0.39 is 0 Å². The van der Waals surface area contributed by atoms with Crippen LogP contribution in [0.2, 0.25) is 0 Å². The van der Waals surface area contributed by atoms with Gasteiger partial charge < -0.3 is 19.5 Å². The fourth-order valence-electron chi connectivity index (χ4n) is 2.91. The van der Waals surface area contributed by atoms with Gasteiger partial charge in [-0.3, -0.25) is 0 Å². The Bertz CT molecular complexity index is 1130. The molecule has 0 aliphatic carbocycles. The molecule has 0 fully saturated rings. The molecule has 9 heteroatoms. The maximum absolute atomic E-state index is 5.46. The Morgan fingerprint density at radius 2 is 1.76 bits per heavy atom. The number of thiazole rings is 1. The fourth-order valence-corrected chi connectivity index (χ4v) is 3.80. The third kappa shape index (κ3) is 3.90. The van der Waals surface area contributed by atoms with E-state index in [1.54, 1.807) is 38.9 Å². The molecule has 0 unspecified atom stereocenters. The number of hydrogen-bond donors (Lipinski definition) is 1. The lowest BCUT2D eigenvalue weighted by Gasteiger charge is -2.12. The lowest BCUT2D eigenvalue weighted by molar-refractivity contribution is 0.397. The van der Waals surface area contributed by atoms with Gasteiger partial charge in [-0.15, -0.1) is 16.4 Å². The van der Waals surface area contributed by atoms with Crippen LogP contribution in [0.5, 0.6) is 17.2 Å². The molecule has 8 nitrogen and oxygen atoms in total. The summed E-state index contributed by atoms with van der Waals surface area (Å²) in [6.07, 6.45) is 1.58. The van der Waals surface area contributed by atoms with Crippen molar-refractivity contribution in [1.82, 2.24) is 20.2 Å². The predicted molar refractivity (Wildman–Crippen MR) is 112 cm³/mol. The predicted octanol–water partition coefficient (Wildman–Crippen LogP) is 3.79. The minimum absolute atomic E-state index is 0.396. The first-order valence-corrected chi connectivity index (χ1v) is 9.62. The first kappa shape index (κ1) is 18.9. The number of hydrogen-bond acceptors (Lipinski definition) is 9. The van der Waals surface area contributed by atoms with Crippen molar-refractivity contribution >= 4 is 27.5 Å². The lowest BCUT2D eigenvalue weighted by atomic mass is 10.1. The zero-order chi connectivity index (χ0) is 20.2. The van der Waals surface area contributed by atoms with E-state index in [-0.39, 0.29) is 0 Å². The summed E-state index contributed by atoms with van der Waals surface area (Å²) in [7, 11) is 4.85. The molecular formula is C20H19N5O3S. The molecule has 2 aromatic carbocycles. The second kappa shape index (κ2) is 8.27. The smallest absolute Gasteiger partial charge is 0.243 e. The Hall–Kier alpha value is -3.46. The van der Waals surface area contributed by atoms with Crippen LogP contribution >= 0.6 is 11.3 Å². The van der Waals surface area contributed by atoms with Crippen LogP contribution in [0.15, 0.2) is 42.6 Å². The molecule has 0 atom stereocenters. The zero-order valence-corrected chi connectivity index (χ0v) is 17.0. The first-order chi connectivity index (χ1) is 14.2. The number of nitrogens with one attached hydrogen (secondary N) is 1. The number of fused-ring (bicyclic) bond motifs is 1. The Morgan fingerprint density at radius 1 is 0.966 bits per heavy atom. The summed E-state index contributed by atoms with van der Waals surface area (Å²) in [5, 5.41) is 12.2. The van der Waals surface area contributed by atoms with Gasteiger partial charge in [-0.05, 0) is 24.3 Å². The summed E-state index contributed by atoms with van der Waals surface area (Å²) in [5.41, 5.74) is 2.23. The maximum Gasteiger partial charge on any atom is 0.243 e. The average molecular weight is 409 g/mol. The molecule has 0 bridgehead atoms. The minimum Gasteiger partial charge on any atom is -0.497 e. The van der Waals surface area contributed by atoms with Gasteiger partial charge in [0.2, 0.25) is 5.95 Å². The third-order valence-electron chi connectivity index (χ3n) is 4.28. The molecule has 148 valence electrons. The van der Waals surface area contributed by atoms with Gasteiger partial charge in [0.1, 0.15) is 28.0 Å². The van der Waals surface area contributed by atoms with E-state index in [4.69, 9.17) is 14.2 Å². The van der Waals surface area contributed by atoms with E-state index in [2.05, 4.69) is 25.5 Å². The van der Waals surface area contributed by atoms with E-state index in [1.165, 1.54) is 0 Å². The van der Waals surface area contributed by atoms with E-state index in [0.717, 1.165) is 26.5 Å². The standard InChI is InChI=1S/C20H19N5O3S/c1-26-12-7-8-17-13(9-12)23-18(29-17)11-21-20-24-14(10-22-25-20)19-15(27-2)5-4-6-16(19)28-3/h4-10H,11H2,1-3H3,(H,21,24,25). The molecular weight excluding hydrogens is 390 g/mol. The van der Waals surface area contributed by atoms with Gasteiger partial charge in [0, 0.05) is 6.07 Å². The largest absolute Gasteiger partial charge is 0.497 e. The Labute approximate surface area is 171 Å². The molecule has 4 aromatic rings. The van der Waals surface area contributed by atoms with E-state index >= 15 is 0 Å². The molecule has 1 N–H and O–H groups in total. The van der Waals surface area contributed by atoms with Crippen LogP contribution in [-0.4, -0.2) is 41.5 Å². The van der Waals surface area contributed by atoms with Crippen molar-refractivity contribution in [2.45, 2.75) is 6.54 Å². The molecule has 0 aliphatic heterocycles. The van der Waals surface area contributed by atoms with Gasteiger partial charge in [-0.1, -0.05) is 6.07 Å². The highest BCUT2D eigenvalue weighted by Gasteiger charge is 2.15. The highest BCUT2D eigenvalue weighted by molar-refractivity contribution is 7.18. The summed E-state index contributed by atoms with van der Waals surface area (Å²) in [4.78, 5) is 9.20. The Balaban J connectivity index is 1.57. The van der Waals surface area contributed by atoms with Crippen molar-refractivity contribution in [3.05, 3.63) is 47.6 Å². The van der Waals surface area contributed by atoms with Gasteiger partial charge >= 0.3 is 0 Å². The van der Waals surface area contributed by atoms with Gasteiger partial charge in [-0.25, -0.2) is 9.97 Å². The number of aromatic nitrogens is 4. The molecule has 0 saturated carbocycles. The minimum atomic E-state index is 0.396. The normalized spacial score (nSPS) is 10.7. The molecule has 4 rings (SSSR count). The van der Waals surface area contributed by atoms with Crippen LogP contribution in [0.25, 0.3) is 21.5 Å². The fraction of sp³-hybridized carbons (Fsp3) is 0.200. The molecule has 29 heavy (non-hydrogen) atoms. The van der Waals surface area contributed by atoms with Crippen molar-refractivity contribution < 1.29 is 14.2 Å². The number of benzene rings is 2. The summed E-state index contributed by atoms with van der Waals surface area (Å²) in [6, 6.07) is 11.4. The summed E-state index contributed by atoms with van der Waals surface area (Å²) in [6.45, 7) is 0.482. The van der Waals surface area contributed by atoms with Crippen LogP contribution < -0.4 is 19.5 Å². The quantitative estimate of drug-likeness (QED) is 0.493. The highest BCUT2D eigenvalue weighted by Crippen LogP contribution is 2.37. The molecule has 0 amide bonds. The van der Waals surface area contributed by atoms with E-state index in [1.807, 2.05) is 36.4 Å². The number of anilines is 1. The molecule has 0 radical (unpaired) electrons. The highest BCUT2D eigenvalue weighted by atomic mass is 32.1. The van der Waals surface area contributed by atoms with Gasteiger partial charge in [0.25, 0.3) is 0 Å². The van der Waals surface area contributed by atoms with Gasteiger partial charge in [0.15, 0.2) is 0 Å². The second-order valence-corrected chi connectivity index (χ2v) is 7.11. The van der Waals surface area contributed by atoms with Crippen LogP contribution in [0.1, 0.15) is 5.01 Å². The van der Waals surface area contributed by atoms with Crippen LogP contribution in [0.4, 0.5) is 5.95 Å². The lowest BCUT2D eigenvalue weighted by Crippen LogP contribution is -2.05. The van der Waals surface area contributed by atoms with Crippen LogP contribution in [-0.2, 0) is 6.54 Å². The van der Waals surface area contributed by atoms with Gasteiger partial charge in [-0.2, -0.15) is 5.10 Å².